The lowest BCUT2D eigenvalue weighted by atomic mass is 9.89. The summed E-state index contributed by atoms with van der Waals surface area (Å²) in [6.07, 6.45) is 0.547. The van der Waals surface area contributed by atoms with Crippen LogP contribution in [0.3, 0.4) is 0 Å². The van der Waals surface area contributed by atoms with Gasteiger partial charge in [-0.2, -0.15) is 4.31 Å². The van der Waals surface area contributed by atoms with Gasteiger partial charge in [-0.1, -0.05) is 24.3 Å². The number of carbonyl (C=O) groups is 1. The van der Waals surface area contributed by atoms with Crippen molar-refractivity contribution in [3.8, 4) is 0 Å². The molecule has 1 fully saturated rings. The first-order valence-electron chi connectivity index (χ1n) is 10.8. The van der Waals surface area contributed by atoms with Crippen molar-refractivity contribution in [1.29, 1.82) is 0 Å². The standard InChI is InChI=1S/C24H26N4O3S2/c1-17-25-19(15-32-17)14-28-24(21-9-4-5-10-22(21)33(28,30)31)11-12-27(16-24)23(29)18-7-6-8-20(13-18)26(2)3/h4-10,13,15H,11-12,14,16H2,1-3H3. The Morgan fingerprint density at radius 1 is 1.18 bits per heavy atom. The molecular weight excluding hydrogens is 456 g/mol. The Morgan fingerprint density at radius 2 is 1.97 bits per heavy atom. The zero-order chi connectivity index (χ0) is 23.4. The molecule has 1 unspecified atom stereocenters. The summed E-state index contributed by atoms with van der Waals surface area (Å²) in [6, 6.07) is 14.7. The van der Waals surface area contributed by atoms with Crippen LogP contribution < -0.4 is 4.90 Å². The molecule has 0 aliphatic carbocycles. The molecule has 2 aliphatic rings. The number of benzene rings is 2. The number of hydrogen-bond donors (Lipinski definition) is 0. The lowest BCUT2D eigenvalue weighted by Crippen LogP contribution is -2.46. The van der Waals surface area contributed by atoms with Gasteiger partial charge >= 0.3 is 0 Å². The predicted molar refractivity (Wildman–Crippen MR) is 129 cm³/mol. The molecule has 7 nitrogen and oxygen atoms in total. The van der Waals surface area contributed by atoms with Gasteiger partial charge in [-0.25, -0.2) is 13.4 Å². The van der Waals surface area contributed by atoms with Crippen LogP contribution in [0.1, 0.15) is 33.0 Å². The van der Waals surface area contributed by atoms with Gasteiger partial charge in [-0.05, 0) is 43.2 Å². The fourth-order valence-electron chi connectivity index (χ4n) is 4.91. The minimum atomic E-state index is -3.71. The number of sulfonamides is 1. The SMILES string of the molecule is Cc1nc(CN2C3(CCN(C(=O)c4cccc(N(C)C)c4)C3)c3ccccc3S2(=O)=O)cs1. The second kappa shape index (κ2) is 7.93. The molecule has 33 heavy (non-hydrogen) atoms. The van der Waals surface area contributed by atoms with E-state index in [1.807, 2.05) is 67.7 Å². The normalized spacial score (nSPS) is 21.5. The first-order valence-corrected chi connectivity index (χ1v) is 13.1. The Hall–Kier alpha value is -2.75. The van der Waals surface area contributed by atoms with Gasteiger partial charge in [0, 0.05) is 43.8 Å². The van der Waals surface area contributed by atoms with Crippen LogP contribution in [0.4, 0.5) is 5.69 Å². The first kappa shape index (κ1) is 22.1. The maximum atomic E-state index is 13.6. The molecule has 3 aromatic rings. The summed E-state index contributed by atoms with van der Waals surface area (Å²) in [5.74, 6) is -0.0817. The van der Waals surface area contributed by atoms with Crippen LogP contribution in [-0.2, 0) is 22.1 Å². The van der Waals surface area contributed by atoms with Gasteiger partial charge in [-0.15, -0.1) is 11.3 Å². The van der Waals surface area contributed by atoms with Crippen molar-refractivity contribution in [2.24, 2.45) is 0 Å². The molecular formula is C24H26N4O3S2. The number of aromatic nitrogens is 1. The van der Waals surface area contributed by atoms with Crippen LogP contribution in [0.2, 0.25) is 0 Å². The van der Waals surface area contributed by atoms with Crippen LogP contribution in [0, 0.1) is 6.92 Å². The highest BCUT2D eigenvalue weighted by molar-refractivity contribution is 7.89. The van der Waals surface area contributed by atoms with Crippen molar-refractivity contribution in [3.05, 3.63) is 75.7 Å². The van der Waals surface area contributed by atoms with Crippen molar-refractivity contribution in [1.82, 2.24) is 14.2 Å². The molecule has 1 atom stereocenters. The molecule has 1 spiro atoms. The second-order valence-electron chi connectivity index (χ2n) is 8.82. The maximum Gasteiger partial charge on any atom is 0.254 e. The van der Waals surface area contributed by atoms with Gasteiger partial charge in [-0.3, -0.25) is 4.79 Å². The molecule has 9 heteroatoms. The van der Waals surface area contributed by atoms with Gasteiger partial charge in [0.2, 0.25) is 10.0 Å². The van der Waals surface area contributed by atoms with E-state index in [0.29, 0.717) is 30.0 Å². The van der Waals surface area contributed by atoms with E-state index < -0.39 is 15.6 Å². The zero-order valence-corrected chi connectivity index (χ0v) is 20.5. The van der Waals surface area contributed by atoms with E-state index in [1.54, 1.807) is 21.3 Å². The maximum absolute atomic E-state index is 13.6. The number of likely N-dealkylation sites (tertiary alicyclic amines) is 1. The molecule has 2 aromatic carbocycles. The molecule has 172 valence electrons. The molecule has 0 radical (unpaired) electrons. The minimum absolute atomic E-state index is 0.0817. The summed E-state index contributed by atoms with van der Waals surface area (Å²) in [7, 11) is 0.169. The molecule has 1 aromatic heterocycles. The summed E-state index contributed by atoms with van der Waals surface area (Å²) >= 11 is 1.51. The number of rotatable bonds is 4. The summed E-state index contributed by atoms with van der Waals surface area (Å²) in [5, 5.41) is 2.81. The third-order valence-corrected chi connectivity index (χ3v) is 9.34. The van der Waals surface area contributed by atoms with Crippen molar-refractivity contribution < 1.29 is 13.2 Å². The molecule has 0 N–H and O–H groups in total. The van der Waals surface area contributed by atoms with Crippen molar-refractivity contribution >= 4 is 33.0 Å². The molecule has 1 amide bonds. The number of nitrogens with zero attached hydrogens (tertiary/aromatic N) is 4. The number of aryl methyl sites for hydroxylation is 1. The summed E-state index contributed by atoms with van der Waals surface area (Å²) in [6.45, 7) is 2.91. The topological polar surface area (TPSA) is 73.8 Å². The summed E-state index contributed by atoms with van der Waals surface area (Å²) < 4.78 is 28.8. The molecule has 2 aliphatic heterocycles. The van der Waals surface area contributed by atoms with E-state index in [1.165, 1.54) is 11.3 Å². The first-order chi connectivity index (χ1) is 15.7. The molecule has 3 heterocycles. The van der Waals surface area contributed by atoms with Crippen LogP contribution >= 0.6 is 11.3 Å². The highest BCUT2D eigenvalue weighted by Gasteiger charge is 2.57. The number of thiazole rings is 1. The van der Waals surface area contributed by atoms with Crippen molar-refractivity contribution in [2.45, 2.75) is 30.3 Å². The molecule has 0 bridgehead atoms. The predicted octanol–water partition coefficient (Wildman–Crippen LogP) is 3.46. The lowest BCUT2D eigenvalue weighted by Gasteiger charge is -2.33. The summed E-state index contributed by atoms with van der Waals surface area (Å²) in [4.78, 5) is 22.0. The van der Waals surface area contributed by atoms with E-state index in [2.05, 4.69) is 4.98 Å². The zero-order valence-electron chi connectivity index (χ0n) is 18.9. The fourth-order valence-corrected chi connectivity index (χ4v) is 7.55. The summed E-state index contributed by atoms with van der Waals surface area (Å²) in [5.41, 5.74) is 2.27. The lowest BCUT2D eigenvalue weighted by molar-refractivity contribution is 0.0762. The molecule has 0 saturated carbocycles. The van der Waals surface area contributed by atoms with E-state index in [-0.39, 0.29) is 12.5 Å². The number of fused-ring (bicyclic) bond motifs is 2. The Morgan fingerprint density at radius 3 is 2.70 bits per heavy atom. The quantitative estimate of drug-likeness (QED) is 0.569. The highest BCUT2D eigenvalue weighted by atomic mass is 32.2. The van der Waals surface area contributed by atoms with Crippen LogP contribution in [0.25, 0.3) is 0 Å². The van der Waals surface area contributed by atoms with E-state index in [4.69, 9.17) is 0 Å². The fraction of sp³-hybridized carbons (Fsp3) is 0.333. The number of anilines is 1. The number of amides is 1. The van der Waals surface area contributed by atoms with Gasteiger partial charge in [0.15, 0.2) is 0 Å². The van der Waals surface area contributed by atoms with Gasteiger partial charge in [0.1, 0.15) is 0 Å². The van der Waals surface area contributed by atoms with E-state index >= 15 is 0 Å². The smallest absolute Gasteiger partial charge is 0.254 e. The Kier molecular flexibility index (Phi) is 5.30. The molecule has 5 rings (SSSR count). The largest absolute Gasteiger partial charge is 0.378 e. The Balaban J connectivity index is 1.53. The van der Waals surface area contributed by atoms with Crippen LogP contribution in [-0.4, -0.2) is 55.7 Å². The molecule has 1 saturated heterocycles. The monoisotopic (exact) mass is 482 g/mol. The highest BCUT2D eigenvalue weighted by Crippen LogP contribution is 2.50. The van der Waals surface area contributed by atoms with Crippen molar-refractivity contribution in [3.63, 3.8) is 0 Å². The Bertz CT molecular complexity index is 1330. The second-order valence-corrected chi connectivity index (χ2v) is 11.7. The van der Waals surface area contributed by atoms with Gasteiger partial charge in [0.25, 0.3) is 5.91 Å². The van der Waals surface area contributed by atoms with E-state index in [0.717, 1.165) is 22.0 Å². The number of hydrogen-bond acceptors (Lipinski definition) is 6. The van der Waals surface area contributed by atoms with E-state index in [9.17, 15) is 13.2 Å². The van der Waals surface area contributed by atoms with Gasteiger partial charge < -0.3 is 9.80 Å². The van der Waals surface area contributed by atoms with Gasteiger partial charge in [0.05, 0.1) is 27.7 Å². The number of carbonyl (C=O) groups excluding carboxylic acids is 1. The van der Waals surface area contributed by atoms with Crippen LogP contribution in [0.15, 0.2) is 58.8 Å². The minimum Gasteiger partial charge on any atom is -0.378 e. The van der Waals surface area contributed by atoms with Crippen molar-refractivity contribution in [2.75, 3.05) is 32.1 Å². The Labute approximate surface area is 198 Å². The average Bonchev–Trinajstić information content (AvgIpc) is 3.47. The third-order valence-electron chi connectivity index (χ3n) is 6.55. The average molecular weight is 483 g/mol. The third kappa shape index (κ3) is 3.55. The van der Waals surface area contributed by atoms with Crippen LogP contribution in [0.5, 0.6) is 0 Å².